The van der Waals surface area contributed by atoms with Gasteiger partial charge in [0.2, 0.25) is 5.91 Å². The van der Waals surface area contributed by atoms with Gasteiger partial charge in [-0.3, -0.25) is 4.79 Å². The van der Waals surface area contributed by atoms with Crippen LogP contribution in [0.25, 0.3) is 0 Å². The van der Waals surface area contributed by atoms with Gasteiger partial charge in [-0.1, -0.05) is 11.6 Å². The highest BCUT2D eigenvalue weighted by Crippen LogP contribution is 2.31. The number of carbonyl (C=O) groups is 1. The molecule has 0 atom stereocenters. The van der Waals surface area contributed by atoms with E-state index in [4.69, 9.17) is 5.73 Å². The van der Waals surface area contributed by atoms with Gasteiger partial charge in [0.1, 0.15) is 0 Å². The van der Waals surface area contributed by atoms with Crippen molar-refractivity contribution < 1.29 is 4.79 Å². The van der Waals surface area contributed by atoms with Crippen LogP contribution in [0.3, 0.4) is 0 Å². The van der Waals surface area contributed by atoms with Crippen molar-refractivity contribution in [3.8, 4) is 0 Å². The van der Waals surface area contributed by atoms with Gasteiger partial charge in [-0.25, -0.2) is 0 Å². The molecule has 1 fully saturated rings. The van der Waals surface area contributed by atoms with Crippen LogP contribution in [0.15, 0.2) is 11.6 Å². The van der Waals surface area contributed by atoms with Crippen molar-refractivity contribution in [1.29, 1.82) is 0 Å². The minimum atomic E-state index is -0.199. The monoisotopic (exact) mass is 196 g/mol. The molecule has 0 saturated heterocycles. The van der Waals surface area contributed by atoms with Crippen molar-refractivity contribution in [2.24, 2.45) is 5.73 Å². The topological polar surface area (TPSA) is 55.1 Å². The summed E-state index contributed by atoms with van der Waals surface area (Å²) in [5.41, 5.74) is 6.98. The maximum atomic E-state index is 11.4. The van der Waals surface area contributed by atoms with Crippen molar-refractivity contribution in [3.05, 3.63) is 11.6 Å². The molecule has 3 heteroatoms. The Hall–Kier alpha value is -0.830. The van der Waals surface area contributed by atoms with E-state index in [9.17, 15) is 4.79 Å². The first kappa shape index (κ1) is 11.2. The van der Waals surface area contributed by atoms with Gasteiger partial charge in [0.25, 0.3) is 0 Å². The fraction of sp³-hybridized carbons (Fsp3) is 0.727. The minimum Gasteiger partial charge on any atom is -0.353 e. The first-order valence-electron chi connectivity index (χ1n) is 5.21. The summed E-state index contributed by atoms with van der Waals surface area (Å²) in [6.45, 7) is 4.66. The highest BCUT2D eigenvalue weighted by molar-refractivity contribution is 5.77. The summed E-state index contributed by atoms with van der Waals surface area (Å²) in [6.07, 6.45) is 5.62. The van der Waals surface area contributed by atoms with Gasteiger partial charge in [-0.15, -0.1) is 0 Å². The molecule has 0 aromatic rings. The highest BCUT2D eigenvalue weighted by atomic mass is 16.1. The van der Waals surface area contributed by atoms with E-state index in [1.54, 1.807) is 0 Å². The van der Waals surface area contributed by atoms with Crippen LogP contribution in [0, 0.1) is 0 Å². The maximum absolute atomic E-state index is 11.4. The summed E-state index contributed by atoms with van der Waals surface area (Å²) in [4.78, 5) is 11.4. The third-order valence-corrected chi connectivity index (χ3v) is 2.67. The number of hydrogen-bond donors (Lipinski definition) is 2. The second-order valence-electron chi connectivity index (χ2n) is 4.48. The molecule has 0 aliphatic heterocycles. The molecule has 0 aromatic heterocycles. The van der Waals surface area contributed by atoms with E-state index >= 15 is 0 Å². The van der Waals surface area contributed by atoms with Gasteiger partial charge in [0, 0.05) is 18.5 Å². The van der Waals surface area contributed by atoms with Crippen LogP contribution in [-0.2, 0) is 4.79 Å². The quantitative estimate of drug-likeness (QED) is 0.667. The lowest BCUT2D eigenvalue weighted by Crippen LogP contribution is -2.49. The molecule has 1 amide bonds. The Kier molecular flexibility index (Phi) is 3.69. The lowest BCUT2D eigenvalue weighted by molar-refractivity contribution is -0.122. The van der Waals surface area contributed by atoms with Crippen LogP contribution in [0.4, 0.5) is 0 Å². The molecule has 1 aliphatic rings. The zero-order valence-electron chi connectivity index (χ0n) is 9.10. The van der Waals surface area contributed by atoms with Crippen LogP contribution < -0.4 is 11.1 Å². The third kappa shape index (κ3) is 3.50. The largest absolute Gasteiger partial charge is 0.353 e. The van der Waals surface area contributed by atoms with Crippen molar-refractivity contribution >= 4 is 5.91 Å². The normalized spacial score (nSPS) is 18.2. The number of hydrogen-bond acceptors (Lipinski definition) is 2. The molecule has 3 N–H and O–H groups in total. The first-order valence-corrected chi connectivity index (χ1v) is 5.21. The van der Waals surface area contributed by atoms with Crippen LogP contribution in [0.2, 0.25) is 0 Å². The average Bonchev–Trinajstić information content (AvgIpc) is 2.00. The molecule has 0 spiro atoms. The molecule has 80 valence electrons. The van der Waals surface area contributed by atoms with Crippen LogP contribution >= 0.6 is 0 Å². The second-order valence-corrected chi connectivity index (χ2v) is 4.48. The molecule has 3 nitrogen and oxygen atoms in total. The van der Waals surface area contributed by atoms with Gasteiger partial charge in [0.15, 0.2) is 0 Å². The molecule has 1 saturated carbocycles. The van der Waals surface area contributed by atoms with Crippen molar-refractivity contribution in [3.63, 3.8) is 0 Å². The Bertz CT molecular complexity index is 238. The summed E-state index contributed by atoms with van der Waals surface area (Å²) in [6, 6.07) is 0. The number of carbonyl (C=O) groups excluding carboxylic acids is 1. The van der Waals surface area contributed by atoms with Crippen molar-refractivity contribution in [2.45, 2.75) is 45.1 Å². The molecule has 0 radical (unpaired) electrons. The summed E-state index contributed by atoms with van der Waals surface area (Å²) in [7, 11) is 0. The van der Waals surface area contributed by atoms with Gasteiger partial charge in [0.05, 0.1) is 0 Å². The van der Waals surface area contributed by atoms with E-state index in [2.05, 4.69) is 5.32 Å². The Labute approximate surface area is 85.7 Å². The molecular formula is C11H20N2O. The zero-order chi connectivity index (χ0) is 10.6. The summed E-state index contributed by atoms with van der Waals surface area (Å²) in [5.74, 6) is 0.0738. The number of nitrogens with one attached hydrogen (secondary N) is 1. The van der Waals surface area contributed by atoms with Crippen molar-refractivity contribution in [1.82, 2.24) is 5.32 Å². The minimum absolute atomic E-state index is 0.0738. The SMILES string of the molecule is CC(C)=CCNC(=O)CC1(N)CCC1. The zero-order valence-corrected chi connectivity index (χ0v) is 9.10. The Balaban J connectivity index is 2.19. The number of rotatable bonds is 4. The number of amides is 1. The van der Waals surface area contributed by atoms with E-state index < -0.39 is 0 Å². The average molecular weight is 196 g/mol. The second kappa shape index (κ2) is 4.60. The van der Waals surface area contributed by atoms with Gasteiger partial charge in [-0.05, 0) is 33.1 Å². The van der Waals surface area contributed by atoms with Crippen LogP contribution in [0.5, 0.6) is 0 Å². The maximum Gasteiger partial charge on any atom is 0.222 e. The highest BCUT2D eigenvalue weighted by Gasteiger charge is 2.34. The number of allylic oxidation sites excluding steroid dienone is 1. The van der Waals surface area contributed by atoms with Gasteiger partial charge < -0.3 is 11.1 Å². The summed E-state index contributed by atoms with van der Waals surface area (Å²) in [5, 5.41) is 2.84. The Morgan fingerprint density at radius 1 is 1.50 bits per heavy atom. The predicted molar refractivity (Wildman–Crippen MR) is 57.8 cm³/mol. The van der Waals surface area contributed by atoms with Crippen LogP contribution in [-0.4, -0.2) is 18.0 Å². The van der Waals surface area contributed by atoms with E-state index in [-0.39, 0.29) is 11.4 Å². The van der Waals surface area contributed by atoms with E-state index in [0.717, 1.165) is 19.3 Å². The Morgan fingerprint density at radius 3 is 2.57 bits per heavy atom. The molecule has 0 unspecified atom stereocenters. The third-order valence-electron chi connectivity index (χ3n) is 2.67. The first-order chi connectivity index (χ1) is 6.52. The van der Waals surface area contributed by atoms with Crippen molar-refractivity contribution in [2.75, 3.05) is 6.54 Å². The summed E-state index contributed by atoms with van der Waals surface area (Å²) < 4.78 is 0. The molecule has 1 aliphatic carbocycles. The molecule has 1 rings (SSSR count). The standard InChI is InChI=1S/C11H20N2O/c1-9(2)4-7-13-10(14)8-11(12)5-3-6-11/h4H,3,5-8,12H2,1-2H3,(H,13,14). The van der Waals surface area contributed by atoms with Gasteiger partial charge >= 0.3 is 0 Å². The predicted octanol–water partition coefficient (Wildman–Crippen LogP) is 1.34. The smallest absolute Gasteiger partial charge is 0.222 e. The lowest BCUT2D eigenvalue weighted by atomic mass is 9.75. The molecular weight excluding hydrogens is 176 g/mol. The molecule has 14 heavy (non-hydrogen) atoms. The molecule has 0 aromatic carbocycles. The van der Waals surface area contributed by atoms with Gasteiger partial charge in [-0.2, -0.15) is 0 Å². The summed E-state index contributed by atoms with van der Waals surface area (Å²) >= 11 is 0. The fourth-order valence-corrected chi connectivity index (χ4v) is 1.56. The number of nitrogens with two attached hydrogens (primary N) is 1. The molecule has 0 bridgehead atoms. The van der Waals surface area contributed by atoms with E-state index in [1.807, 2.05) is 19.9 Å². The van der Waals surface area contributed by atoms with Crippen LogP contribution in [0.1, 0.15) is 39.5 Å². The van der Waals surface area contributed by atoms with E-state index in [0.29, 0.717) is 13.0 Å². The lowest BCUT2D eigenvalue weighted by Gasteiger charge is -2.37. The fourth-order valence-electron chi connectivity index (χ4n) is 1.56. The molecule has 0 heterocycles. The van der Waals surface area contributed by atoms with E-state index in [1.165, 1.54) is 5.57 Å². The Morgan fingerprint density at radius 2 is 2.14 bits per heavy atom.